The Morgan fingerprint density at radius 1 is 1.50 bits per heavy atom. The second-order valence-electron chi connectivity index (χ2n) is 4.77. The van der Waals surface area contributed by atoms with Crippen LogP contribution < -0.4 is 4.90 Å². The summed E-state index contributed by atoms with van der Waals surface area (Å²) >= 11 is 6.10. The molecule has 1 aromatic rings. The lowest BCUT2D eigenvalue weighted by molar-refractivity contribution is 0.181. The molecule has 0 radical (unpaired) electrons. The van der Waals surface area contributed by atoms with Crippen molar-refractivity contribution in [2.45, 2.75) is 38.6 Å². The van der Waals surface area contributed by atoms with Crippen molar-refractivity contribution in [3.63, 3.8) is 0 Å². The minimum atomic E-state index is 0.276. The van der Waals surface area contributed by atoms with Crippen molar-refractivity contribution >= 4 is 17.4 Å². The van der Waals surface area contributed by atoms with Gasteiger partial charge in [-0.25, -0.2) is 9.97 Å². The quantitative estimate of drug-likeness (QED) is 0.745. The topological polar surface area (TPSA) is 38.2 Å². The van der Waals surface area contributed by atoms with Gasteiger partial charge in [-0.05, 0) is 26.7 Å². The van der Waals surface area contributed by atoms with Gasteiger partial charge in [0.25, 0.3) is 0 Å². The van der Waals surface area contributed by atoms with Crippen LogP contribution in [0.25, 0.3) is 0 Å². The average Bonchev–Trinajstić information content (AvgIpc) is 3.13. The molecule has 0 spiro atoms. The highest BCUT2D eigenvalue weighted by molar-refractivity contribution is 6.29. The van der Waals surface area contributed by atoms with Crippen molar-refractivity contribution in [3.05, 3.63) is 17.0 Å². The molecule has 1 aliphatic carbocycles. The van der Waals surface area contributed by atoms with E-state index in [1.54, 1.807) is 7.11 Å². The van der Waals surface area contributed by atoms with E-state index in [0.717, 1.165) is 18.2 Å². The molecule has 0 bridgehead atoms. The van der Waals surface area contributed by atoms with Crippen LogP contribution in [0.1, 0.15) is 38.4 Å². The summed E-state index contributed by atoms with van der Waals surface area (Å²) in [5.41, 5.74) is 0. The molecule has 1 aliphatic rings. The molecule has 0 N–H and O–H groups in total. The van der Waals surface area contributed by atoms with E-state index in [9.17, 15) is 0 Å². The van der Waals surface area contributed by atoms with E-state index in [0.29, 0.717) is 17.7 Å². The zero-order valence-electron chi connectivity index (χ0n) is 11.2. The maximum atomic E-state index is 6.10. The van der Waals surface area contributed by atoms with E-state index in [2.05, 4.69) is 28.7 Å². The van der Waals surface area contributed by atoms with Gasteiger partial charge in [0.1, 0.15) is 16.8 Å². The summed E-state index contributed by atoms with van der Waals surface area (Å²) in [6, 6.07) is 2.11. The SMILES string of the molecule is CCN(c1cc(Cl)nc(C2CC2)n1)C(C)COC. The highest BCUT2D eigenvalue weighted by atomic mass is 35.5. The van der Waals surface area contributed by atoms with Crippen molar-refractivity contribution in [1.82, 2.24) is 9.97 Å². The Hall–Kier alpha value is -0.870. The van der Waals surface area contributed by atoms with Crippen molar-refractivity contribution in [2.24, 2.45) is 0 Å². The number of hydrogen-bond donors (Lipinski definition) is 0. The van der Waals surface area contributed by atoms with Crippen molar-refractivity contribution in [3.8, 4) is 0 Å². The van der Waals surface area contributed by atoms with E-state index in [4.69, 9.17) is 16.3 Å². The number of anilines is 1. The highest BCUT2D eigenvalue weighted by Crippen LogP contribution is 2.39. The summed E-state index contributed by atoms with van der Waals surface area (Å²) in [5, 5.41) is 0.532. The van der Waals surface area contributed by atoms with E-state index in [-0.39, 0.29) is 6.04 Å². The molecule has 4 nitrogen and oxygen atoms in total. The van der Waals surface area contributed by atoms with Crippen molar-refractivity contribution in [2.75, 3.05) is 25.2 Å². The molecule has 1 unspecified atom stereocenters. The first-order valence-corrected chi connectivity index (χ1v) is 6.83. The maximum Gasteiger partial charge on any atom is 0.135 e. The third kappa shape index (κ3) is 3.12. The van der Waals surface area contributed by atoms with Gasteiger partial charge < -0.3 is 9.64 Å². The fraction of sp³-hybridized carbons (Fsp3) is 0.692. The molecule has 0 amide bonds. The van der Waals surface area contributed by atoms with Gasteiger partial charge in [-0.15, -0.1) is 0 Å². The summed E-state index contributed by atoms with van der Waals surface area (Å²) in [4.78, 5) is 11.2. The van der Waals surface area contributed by atoms with Gasteiger partial charge in [-0.2, -0.15) is 0 Å². The Morgan fingerprint density at radius 3 is 2.78 bits per heavy atom. The Bertz CT molecular complexity index is 409. The number of methoxy groups -OCH3 is 1. The second kappa shape index (κ2) is 5.85. The van der Waals surface area contributed by atoms with Crippen LogP contribution in [0.5, 0.6) is 0 Å². The maximum absolute atomic E-state index is 6.10. The number of halogens is 1. The lowest BCUT2D eigenvalue weighted by Crippen LogP contribution is -2.36. The largest absolute Gasteiger partial charge is 0.383 e. The van der Waals surface area contributed by atoms with E-state index < -0.39 is 0 Å². The molecule has 1 fully saturated rings. The molecule has 100 valence electrons. The molecule has 0 aromatic carbocycles. The summed E-state index contributed by atoms with van der Waals surface area (Å²) in [5.74, 6) is 2.31. The lowest BCUT2D eigenvalue weighted by atomic mass is 10.3. The number of hydrogen-bond acceptors (Lipinski definition) is 4. The summed E-state index contributed by atoms with van der Waals surface area (Å²) < 4.78 is 5.21. The summed E-state index contributed by atoms with van der Waals surface area (Å²) in [6.07, 6.45) is 2.36. The van der Waals surface area contributed by atoms with Crippen LogP contribution in [0.2, 0.25) is 5.15 Å². The van der Waals surface area contributed by atoms with Crippen LogP contribution in [0.15, 0.2) is 6.07 Å². The van der Waals surface area contributed by atoms with Crippen LogP contribution in [0.3, 0.4) is 0 Å². The van der Waals surface area contributed by atoms with Gasteiger partial charge in [-0.3, -0.25) is 0 Å². The van der Waals surface area contributed by atoms with Gasteiger partial charge in [0.05, 0.1) is 12.6 Å². The Kier molecular flexibility index (Phi) is 4.40. The molecule has 0 aliphatic heterocycles. The zero-order chi connectivity index (χ0) is 13.1. The van der Waals surface area contributed by atoms with Crippen LogP contribution in [-0.2, 0) is 4.74 Å². The van der Waals surface area contributed by atoms with Gasteiger partial charge in [0, 0.05) is 25.6 Å². The van der Waals surface area contributed by atoms with E-state index >= 15 is 0 Å². The standard InChI is InChI=1S/C13H20ClN3O/c1-4-17(9(2)8-18-3)12-7-11(14)15-13(16-12)10-5-6-10/h7,9-10H,4-6,8H2,1-3H3. The molecule has 5 heteroatoms. The normalized spacial score (nSPS) is 16.7. The minimum Gasteiger partial charge on any atom is -0.383 e. The highest BCUT2D eigenvalue weighted by Gasteiger charge is 2.28. The first-order valence-electron chi connectivity index (χ1n) is 6.45. The number of rotatable bonds is 6. The van der Waals surface area contributed by atoms with Gasteiger partial charge in [-0.1, -0.05) is 11.6 Å². The molecule has 0 saturated heterocycles. The smallest absolute Gasteiger partial charge is 0.135 e. The molecule has 1 aromatic heterocycles. The molecule has 1 heterocycles. The molecule has 1 atom stereocenters. The minimum absolute atomic E-state index is 0.276. The number of ether oxygens (including phenoxy) is 1. The Labute approximate surface area is 113 Å². The summed E-state index contributed by atoms with van der Waals surface area (Å²) in [6.45, 7) is 5.79. The third-order valence-electron chi connectivity index (χ3n) is 3.22. The number of likely N-dealkylation sites (N-methyl/N-ethyl adjacent to an activating group) is 1. The molecule has 1 saturated carbocycles. The van der Waals surface area contributed by atoms with Gasteiger partial charge in [0.15, 0.2) is 0 Å². The molecular weight excluding hydrogens is 250 g/mol. The third-order valence-corrected chi connectivity index (χ3v) is 3.41. The fourth-order valence-electron chi connectivity index (χ4n) is 2.12. The van der Waals surface area contributed by atoms with Gasteiger partial charge in [0.2, 0.25) is 0 Å². The van der Waals surface area contributed by atoms with E-state index in [1.807, 2.05) is 6.07 Å². The molecular formula is C13H20ClN3O. The van der Waals surface area contributed by atoms with Crippen LogP contribution >= 0.6 is 11.6 Å². The van der Waals surface area contributed by atoms with Crippen LogP contribution in [-0.4, -0.2) is 36.3 Å². The van der Waals surface area contributed by atoms with Gasteiger partial charge >= 0.3 is 0 Å². The monoisotopic (exact) mass is 269 g/mol. The Morgan fingerprint density at radius 2 is 2.22 bits per heavy atom. The lowest BCUT2D eigenvalue weighted by Gasteiger charge is -2.28. The molecule has 18 heavy (non-hydrogen) atoms. The number of aromatic nitrogens is 2. The predicted molar refractivity (Wildman–Crippen MR) is 73.4 cm³/mol. The Balaban J connectivity index is 2.23. The van der Waals surface area contributed by atoms with Crippen molar-refractivity contribution in [1.29, 1.82) is 0 Å². The van der Waals surface area contributed by atoms with E-state index in [1.165, 1.54) is 12.8 Å². The fourth-order valence-corrected chi connectivity index (χ4v) is 2.31. The molecule has 2 rings (SSSR count). The summed E-state index contributed by atoms with van der Waals surface area (Å²) in [7, 11) is 1.72. The zero-order valence-corrected chi connectivity index (χ0v) is 11.9. The van der Waals surface area contributed by atoms with Crippen molar-refractivity contribution < 1.29 is 4.74 Å². The second-order valence-corrected chi connectivity index (χ2v) is 5.16. The number of nitrogens with zero attached hydrogens (tertiary/aromatic N) is 3. The average molecular weight is 270 g/mol. The van der Waals surface area contributed by atoms with Crippen LogP contribution in [0.4, 0.5) is 5.82 Å². The first-order chi connectivity index (χ1) is 8.65. The first kappa shape index (κ1) is 13.6. The van der Waals surface area contributed by atoms with Crippen LogP contribution in [0, 0.1) is 0 Å². The predicted octanol–water partition coefficient (Wildman–Crippen LogP) is 2.87.